The Hall–Kier alpha value is -3.36. The number of esters is 2. The summed E-state index contributed by atoms with van der Waals surface area (Å²) >= 11 is 0. The van der Waals surface area contributed by atoms with Gasteiger partial charge in [-0.2, -0.15) is 5.06 Å². The van der Waals surface area contributed by atoms with Crippen LogP contribution in [0.25, 0.3) is 6.08 Å². The van der Waals surface area contributed by atoms with Crippen LogP contribution in [0.3, 0.4) is 0 Å². The minimum atomic E-state index is -1.40. The SMILES string of the molecule is CN(C)C(=O)C=Cc1cccc(CN2OC3C4OCOC4C4CC3(C(=O)NC(CO)CCC(=O)OC(C)(C)C)C2C(=O)O4)c1. The minimum Gasteiger partial charge on any atom is -0.460 e. The maximum atomic E-state index is 14.2. The number of ether oxygens (including phenoxy) is 4. The zero-order valence-corrected chi connectivity index (χ0v) is 25.7. The van der Waals surface area contributed by atoms with Crippen molar-refractivity contribution in [1.82, 2.24) is 15.3 Å². The third-order valence-electron chi connectivity index (χ3n) is 8.32. The number of carbonyl (C=O) groups excluding carboxylic acids is 4. The lowest BCUT2D eigenvalue weighted by Crippen LogP contribution is -2.70. The van der Waals surface area contributed by atoms with Gasteiger partial charge in [-0.05, 0) is 44.4 Å². The highest BCUT2D eigenvalue weighted by molar-refractivity contribution is 5.94. The molecule has 13 heteroatoms. The normalized spacial score (nSPS) is 30.0. The number of hydroxylamine groups is 2. The number of hydrogen-bond donors (Lipinski definition) is 2. The van der Waals surface area contributed by atoms with Gasteiger partial charge >= 0.3 is 11.9 Å². The van der Waals surface area contributed by atoms with Gasteiger partial charge in [0.25, 0.3) is 0 Å². The van der Waals surface area contributed by atoms with E-state index in [9.17, 15) is 24.3 Å². The van der Waals surface area contributed by atoms with Crippen LogP contribution < -0.4 is 5.32 Å². The molecule has 44 heavy (non-hydrogen) atoms. The number of carbonyl (C=O) groups is 4. The Morgan fingerprint density at radius 2 is 1.98 bits per heavy atom. The fraction of sp³-hybridized carbons (Fsp3) is 0.613. The van der Waals surface area contributed by atoms with Crippen molar-refractivity contribution >= 4 is 29.8 Å². The monoisotopic (exact) mass is 615 g/mol. The van der Waals surface area contributed by atoms with Crippen molar-refractivity contribution in [2.45, 2.75) is 88.7 Å². The summed E-state index contributed by atoms with van der Waals surface area (Å²) in [6, 6.07) is 5.54. The highest BCUT2D eigenvalue weighted by atomic mass is 16.8. The second-order valence-electron chi connectivity index (χ2n) is 12.9. The lowest BCUT2D eigenvalue weighted by molar-refractivity contribution is -0.201. The van der Waals surface area contributed by atoms with Gasteiger partial charge in [-0.15, -0.1) is 0 Å². The molecule has 0 spiro atoms. The second-order valence-corrected chi connectivity index (χ2v) is 12.9. The molecule has 13 nitrogen and oxygen atoms in total. The Morgan fingerprint density at radius 1 is 1.23 bits per heavy atom. The molecule has 3 saturated heterocycles. The molecule has 5 rings (SSSR count). The van der Waals surface area contributed by atoms with Crippen molar-refractivity contribution in [3.63, 3.8) is 0 Å². The third-order valence-corrected chi connectivity index (χ3v) is 8.32. The van der Waals surface area contributed by atoms with E-state index < -0.39 is 72.0 Å². The van der Waals surface area contributed by atoms with Crippen LogP contribution in [0, 0.1) is 5.41 Å². The number of benzene rings is 1. The van der Waals surface area contributed by atoms with Crippen molar-refractivity contribution < 1.29 is 48.1 Å². The zero-order chi connectivity index (χ0) is 31.8. The standard InChI is InChI=1S/C31H41N3O10/c1-30(2,3)43-23(37)12-10-20(16-35)32-29(39)31-14-21-24-25(41-17-40-24)27(31)44-34(26(31)28(38)42-21)15-19-8-6-7-18(13-19)9-11-22(36)33(4)5/h6-9,11,13,20-21,24-27,35H,10,12,14-17H2,1-5H3,(H,32,39). The lowest BCUT2D eigenvalue weighted by Gasteiger charge is -2.49. The molecular formula is C31H41N3O10. The van der Waals surface area contributed by atoms with Gasteiger partial charge in [0.1, 0.15) is 42.2 Å². The number of likely N-dealkylation sites (N-methyl/N-ethyl adjacent to an activating group) is 1. The third kappa shape index (κ3) is 6.38. The fourth-order valence-electron chi connectivity index (χ4n) is 6.34. The molecule has 3 heterocycles. The summed E-state index contributed by atoms with van der Waals surface area (Å²) in [7, 11) is 3.33. The Bertz CT molecular complexity index is 1310. The van der Waals surface area contributed by atoms with Crippen LogP contribution in [-0.2, 0) is 49.5 Å². The fourth-order valence-corrected chi connectivity index (χ4v) is 6.34. The first-order valence-electron chi connectivity index (χ1n) is 14.8. The van der Waals surface area contributed by atoms with E-state index in [1.54, 1.807) is 40.9 Å². The topological polar surface area (TPSA) is 153 Å². The number of nitrogens with one attached hydrogen (secondary N) is 1. The Balaban J connectivity index is 1.39. The van der Waals surface area contributed by atoms with Crippen LogP contribution in [0.4, 0.5) is 0 Å². The predicted octanol–water partition coefficient (Wildman–Crippen LogP) is 0.928. The molecule has 7 atom stereocenters. The average Bonchev–Trinajstić information content (AvgIpc) is 3.58. The van der Waals surface area contributed by atoms with Crippen molar-refractivity contribution in [3.8, 4) is 0 Å². The van der Waals surface area contributed by atoms with Crippen molar-refractivity contribution in [3.05, 3.63) is 41.5 Å². The number of aliphatic hydroxyl groups excluding tert-OH is 1. The van der Waals surface area contributed by atoms with Crippen molar-refractivity contribution in [2.24, 2.45) is 5.41 Å². The molecule has 1 saturated carbocycles. The number of fused-ring (bicyclic) bond motifs is 4. The van der Waals surface area contributed by atoms with E-state index in [0.717, 1.165) is 11.1 Å². The van der Waals surface area contributed by atoms with Gasteiger partial charge in [-0.3, -0.25) is 24.0 Å². The molecule has 4 aliphatic rings. The molecule has 1 aromatic carbocycles. The van der Waals surface area contributed by atoms with Crippen LogP contribution in [0.5, 0.6) is 0 Å². The predicted molar refractivity (Wildman–Crippen MR) is 154 cm³/mol. The number of amides is 2. The summed E-state index contributed by atoms with van der Waals surface area (Å²) in [5.41, 5.74) is -0.507. The van der Waals surface area contributed by atoms with E-state index in [2.05, 4.69) is 5.32 Å². The summed E-state index contributed by atoms with van der Waals surface area (Å²) < 4.78 is 22.8. The Morgan fingerprint density at radius 3 is 2.68 bits per heavy atom. The van der Waals surface area contributed by atoms with Crippen LogP contribution in [-0.4, -0.2) is 108 Å². The molecule has 1 aromatic rings. The van der Waals surface area contributed by atoms with Crippen LogP contribution in [0.2, 0.25) is 0 Å². The summed E-state index contributed by atoms with van der Waals surface area (Å²) in [4.78, 5) is 60.0. The minimum absolute atomic E-state index is 0.0114. The molecule has 2 N–H and O–H groups in total. The highest BCUT2D eigenvalue weighted by Gasteiger charge is 2.74. The van der Waals surface area contributed by atoms with E-state index in [1.807, 2.05) is 24.3 Å². The molecule has 2 bridgehead atoms. The van der Waals surface area contributed by atoms with Crippen molar-refractivity contribution in [1.29, 1.82) is 0 Å². The quantitative estimate of drug-likeness (QED) is 0.286. The number of nitrogens with zero attached hydrogens (tertiary/aromatic N) is 2. The summed E-state index contributed by atoms with van der Waals surface area (Å²) in [6.45, 7) is 4.99. The average molecular weight is 616 g/mol. The first-order chi connectivity index (χ1) is 20.8. The van der Waals surface area contributed by atoms with Crippen LogP contribution >= 0.6 is 0 Å². The summed E-state index contributed by atoms with van der Waals surface area (Å²) in [5, 5.41) is 14.4. The summed E-state index contributed by atoms with van der Waals surface area (Å²) in [6.07, 6.45) is 0.604. The molecule has 7 unspecified atom stereocenters. The summed E-state index contributed by atoms with van der Waals surface area (Å²) in [5.74, 6) is -1.71. The zero-order valence-electron chi connectivity index (χ0n) is 25.7. The first-order valence-corrected chi connectivity index (χ1v) is 14.8. The van der Waals surface area contributed by atoms with Gasteiger partial charge in [0, 0.05) is 33.0 Å². The van der Waals surface area contributed by atoms with Gasteiger partial charge in [-0.25, -0.2) is 0 Å². The Labute approximate surface area is 256 Å². The molecule has 1 aliphatic carbocycles. The maximum Gasteiger partial charge on any atom is 0.327 e. The van der Waals surface area contributed by atoms with Gasteiger partial charge in [0.15, 0.2) is 6.04 Å². The van der Waals surface area contributed by atoms with Crippen LogP contribution in [0.15, 0.2) is 30.3 Å². The highest BCUT2D eigenvalue weighted by Crippen LogP contribution is 2.55. The maximum absolute atomic E-state index is 14.2. The largest absolute Gasteiger partial charge is 0.460 e. The van der Waals surface area contributed by atoms with Gasteiger partial charge in [-0.1, -0.05) is 24.3 Å². The van der Waals surface area contributed by atoms with Gasteiger partial charge in [0.05, 0.1) is 19.2 Å². The lowest BCUT2D eigenvalue weighted by atomic mass is 9.62. The second kappa shape index (κ2) is 12.6. The molecule has 3 aliphatic heterocycles. The van der Waals surface area contributed by atoms with E-state index in [4.69, 9.17) is 23.8 Å². The molecule has 2 amide bonds. The van der Waals surface area contributed by atoms with E-state index >= 15 is 0 Å². The van der Waals surface area contributed by atoms with Crippen molar-refractivity contribution in [2.75, 3.05) is 27.5 Å². The molecular weight excluding hydrogens is 574 g/mol. The van der Waals surface area contributed by atoms with Gasteiger partial charge in [0.2, 0.25) is 11.8 Å². The molecule has 240 valence electrons. The first kappa shape index (κ1) is 32.0. The smallest absolute Gasteiger partial charge is 0.327 e. The van der Waals surface area contributed by atoms with E-state index in [0.29, 0.717) is 0 Å². The molecule has 0 radical (unpaired) electrons. The van der Waals surface area contributed by atoms with E-state index in [-0.39, 0.29) is 38.5 Å². The molecule has 4 fully saturated rings. The number of aliphatic hydroxyl groups is 1. The number of hydrogen-bond acceptors (Lipinski definition) is 11. The Kier molecular flexibility index (Phi) is 9.15. The number of rotatable bonds is 10. The molecule has 0 aromatic heterocycles. The van der Waals surface area contributed by atoms with E-state index in [1.165, 1.54) is 16.0 Å². The van der Waals surface area contributed by atoms with Gasteiger partial charge < -0.3 is 34.3 Å². The van der Waals surface area contributed by atoms with Crippen LogP contribution in [0.1, 0.15) is 51.2 Å².